The number of aromatic nitrogens is 2. The third-order valence-electron chi connectivity index (χ3n) is 2.78. The zero-order valence-electron chi connectivity index (χ0n) is 10.7. The maximum absolute atomic E-state index is 12.0. The van der Waals surface area contributed by atoms with Crippen LogP contribution in [0.25, 0.3) is 0 Å². The van der Waals surface area contributed by atoms with E-state index >= 15 is 0 Å². The number of rotatable bonds is 2. The zero-order valence-corrected chi connectivity index (χ0v) is 11.5. The number of thioether (sulfide) groups is 1. The maximum Gasteiger partial charge on any atom is 0.276 e. The van der Waals surface area contributed by atoms with E-state index < -0.39 is 5.91 Å². The van der Waals surface area contributed by atoms with Gasteiger partial charge in [-0.25, -0.2) is 5.10 Å². The van der Waals surface area contributed by atoms with E-state index in [-0.39, 0.29) is 17.2 Å². The van der Waals surface area contributed by atoms with Gasteiger partial charge < -0.3 is 10.6 Å². The number of nitrogens with one attached hydrogen (secondary N) is 3. The van der Waals surface area contributed by atoms with Gasteiger partial charge in [-0.2, -0.15) is 5.10 Å². The number of H-pyrrole nitrogens is 1. The quantitative estimate of drug-likeness (QED) is 0.769. The third-order valence-corrected chi connectivity index (χ3v) is 3.86. The molecule has 106 valence electrons. The van der Waals surface area contributed by atoms with E-state index in [1.54, 1.807) is 12.1 Å². The largest absolute Gasteiger partial charge is 0.324 e. The Morgan fingerprint density at radius 2 is 2.10 bits per heavy atom. The SMILES string of the molecule is O=C1CSc2ccc(NC(=O)c3ccc(=O)[nH]n3)cc2N1. The van der Waals surface area contributed by atoms with Crippen LogP contribution in [0.5, 0.6) is 0 Å². The van der Waals surface area contributed by atoms with Crippen LogP contribution < -0.4 is 16.2 Å². The number of carbonyl (C=O) groups is 2. The Morgan fingerprint density at radius 1 is 1.24 bits per heavy atom. The second-order valence-electron chi connectivity index (χ2n) is 4.31. The summed E-state index contributed by atoms with van der Waals surface area (Å²) in [6.07, 6.45) is 0. The molecule has 0 atom stereocenters. The van der Waals surface area contributed by atoms with Crippen molar-refractivity contribution in [2.45, 2.75) is 4.90 Å². The molecule has 3 N–H and O–H groups in total. The van der Waals surface area contributed by atoms with Gasteiger partial charge >= 0.3 is 0 Å². The molecule has 2 heterocycles. The summed E-state index contributed by atoms with van der Waals surface area (Å²) in [7, 11) is 0. The van der Waals surface area contributed by atoms with E-state index in [0.29, 0.717) is 17.1 Å². The number of anilines is 2. The molecule has 1 aromatic carbocycles. The highest BCUT2D eigenvalue weighted by Crippen LogP contribution is 2.33. The van der Waals surface area contributed by atoms with Gasteiger partial charge in [-0.3, -0.25) is 14.4 Å². The van der Waals surface area contributed by atoms with Crippen LogP contribution in [-0.4, -0.2) is 27.8 Å². The number of hydrogen-bond acceptors (Lipinski definition) is 5. The average Bonchev–Trinajstić information content (AvgIpc) is 2.47. The van der Waals surface area contributed by atoms with Crippen molar-refractivity contribution in [3.63, 3.8) is 0 Å². The summed E-state index contributed by atoms with van der Waals surface area (Å²) in [4.78, 5) is 35.2. The Kier molecular flexibility index (Phi) is 3.44. The Labute approximate surface area is 123 Å². The highest BCUT2D eigenvalue weighted by atomic mass is 32.2. The summed E-state index contributed by atoms with van der Waals surface area (Å²) >= 11 is 1.45. The van der Waals surface area contributed by atoms with Crippen LogP contribution in [0.3, 0.4) is 0 Å². The van der Waals surface area contributed by atoms with Gasteiger partial charge in [0.1, 0.15) is 5.69 Å². The summed E-state index contributed by atoms with van der Waals surface area (Å²) in [6, 6.07) is 7.82. The average molecular weight is 302 g/mol. The summed E-state index contributed by atoms with van der Waals surface area (Å²) in [6.45, 7) is 0. The number of benzene rings is 1. The van der Waals surface area contributed by atoms with Gasteiger partial charge in [0, 0.05) is 16.6 Å². The molecule has 0 saturated heterocycles. The van der Waals surface area contributed by atoms with Crippen molar-refractivity contribution in [3.8, 4) is 0 Å². The molecule has 0 bridgehead atoms. The molecule has 0 aliphatic carbocycles. The fourth-order valence-electron chi connectivity index (χ4n) is 1.83. The van der Waals surface area contributed by atoms with Gasteiger partial charge in [0.2, 0.25) is 5.91 Å². The van der Waals surface area contributed by atoms with Crippen molar-refractivity contribution in [1.82, 2.24) is 10.2 Å². The highest BCUT2D eigenvalue weighted by molar-refractivity contribution is 8.00. The summed E-state index contributed by atoms with van der Waals surface area (Å²) in [5, 5.41) is 11.3. The minimum absolute atomic E-state index is 0.0710. The van der Waals surface area contributed by atoms with Crippen LogP contribution in [0.1, 0.15) is 10.5 Å². The molecule has 0 fully saturated rings. The Hall–Kier alpha value is -2.61. The molecule has 2 amide bonds. The Morgan fingerprint density at radius 3 is 2.86 bits per heavy atom. The van der Waals surface area contributed by atoms with Gasteiger partial charge in [0.05, 0.1) is 11.4 Å². The molecular weight excluding hydrogens is 292 g/mol. The molecule has 0 unspecified atom stereocenters. The lowest BCUT2D eigenvalue weighted by Crippen LogP contribution is -2.20. The second kappa shape index (κ2) is 5.41. The smallest absolute Gasteiger partial charge is 0.276 e. The lowest BCUT2D eigenvalue weighted by atomic mass is 10.2. The molecule has 3 rings (SSSR count). The molecule has 0 spiro atoms. The van der Waals surface area contributed by atoms with E-state index in [9.17, 15) is 14.4 Å². The number of carbonyl (C=O) groups excluding carboxylic acids is 2. The highest BCUT2D eigenvalue weighted by Gasteiger charge is 2.16. The predicted molar refractivity (Wildman–Crippen MR) is 78.6 cm³/mol. The van der Waals surface area contributed by atoms with Crippen molar-refractivity contribution in [3.05, 3.63) is 46.4 Å². The Balaban J connectivity index is 1.80. The van der Waals surface area contributed by atoms with Crippen LogP contribution >= 0.6 is 11.8 Å². The molecule has 0 saturated carbocycles. The van der Waals surface area contributed by atoms with Gasteiger partial charge in [0.25, 0.3) is 11.5 Å². The van der Waals surface area contributed by atoms with Crippen LogP contribution in [0.4, 0.5) is 11.4 Å². The molecule has 1 aliphatic rings. The van der Waals surface area contributed by atoms with Gasteiger partial charge in [-0.15, -0.1) is 11.8 Å². The van der Waals surface area contributed by atoms with Crippen molar-refractivity contribution in [1.29, 1.82) is 0 Å². The van der Waals surface area contributed by atoms with Crippen molar-refractivity contribution < 1.29 is 9.59 Å². The van der Waals surface area contributed by atoms with Crippen molar-refractivity contribution >= 4 is 35.0 Å². The minimum atomic E-state index is -0.444. The summed E-state index contributed by atoms with van der Waals surface area (Å²) in [5.74, 6) is -0.126. The zero-order chi connectivity index (χ0) is 14.8. The standard InChI is InChI=1S/C13H10N4O3S/c18-11-4-2-8(16-17-11)13(20)14-7-1-3-10-9(5-7)15-12(19)6-21-10/h1-5H,6H2,(H,14,20)(H,15,19)(H,17,18). The first kappa shape index (κ1) is 13.4. The third kappa shape index (κ3) is 2.95. The number of aromatic amines is 1. The second-order valence-corrected chi connectivity index (χ2v) is 5.33. The molecule has 7 nitrogen and oxygen atoms in total. The van der Waals surface area contributed by atoms with Gasteiger partial charge in [0.15, 0.2) is 0 Å². The van der Waals surface area contributed by atoms with E-state index in [0.717, 1.165) is 4.90 Å². The molecule has 8 heteroatoms. The van der Waals surface area contributed by atoms with E-state index in [4.69, 9.17) is 0 Å². The Bertz CT molecular complexity index is 767. The molecule has 2 aromatic rings. The number of nitrogens with zero attached hydrogens (tertiary/aromatic N) is 1. The van der Waals surface area contributed by atoms with Gasteiger partial charge in [-0.05, 0) is 24.3 Å². The molecular formula is C13H10N4O3S. The van der Waals surface area contributed by atoms with Crippen LogP contribution in [0.2, 0.25) is 0 Å². The normalized spacial score (nSPS) is 13.2. The molecule has 1 aliphatic heterocycles. The van der Waals surface area contributed by atoms with Gasteiger partial charge in [-0.1, -0.05) is 0 Å². The number of fused-ring (bicyclic) bond motifs is 1. The summed E-state index contributed by atoms with van der Waals surface area (Å²) < 4.78 is 0. The van der Waals surface area contributed by atoms with Crippen molar-refractivity contribution in [2.24, 2.45) is 0 Å². The summed E-state index contributed by atoms with van der Waals surface area (Å²) in [5.41, 5.74) is 0.934. The van der Waals surface area contributed by atoms with Crippen molar-refractivity contribution in [2.75, 3.05) is 16.4 Å². The fourth-order valence-corrected chi connectivity index (χ4v) is 2.62. The number of hydrogen-bond donors (Lipinski definition) is 3. The monoisotopic (exact) mass is 302 g/mol. The number of amides is 2. The van der Waals surface area contributed by atoms with E-state index in [2.05, 4.69) is 20.8 Å². The van der Waals surface area contributed by atoms with Crippen LogP contribution in [0.15, 0.2) is 40.0 Å². The topological polar surface area (TPSA) is 104 Å². The molecule has 0 radical (unpaired) electrons. The first-order chi connectivity index (χ1) is 10.1. The van der Waals surface area contributed by atoms with E-state index in [1.165, 1.54) is 23.9 Å². The lowest BCUT2D eigenvalue weighted by molar-refractivity contribution is -0.113. The first-order valence-corrected chi connectivity index (χ1v) is 7.04. The molecule has 21 heavy (non-hydrogen) atoms. The van der Waals surface area contributed by atoms with E-state index in [1.807, 2.05) is 6.07 Å². The molecule has 1 aromatic heterocycles. The lowest BCUT2D eigenvalue weighted by Gasteiger charge is -2.17. The first-order valence-electron chi connectivity index (χ1n) is 6.05. The fraction of sp³-hybridized carbons (Fsp3) is 0.0769. The van der Waals surface area contributed by atoms with Crippen LogP contribution in [-0.2, 0) is 4.79 Å². The van der Waals surface area contributed by atoms with Crippen LogP contribution in [0, 0.1) is 0 Å². The predicted octanol–water partition coefficient (Wildman–Crippen LogP) is 1.07. The maximum atomic E-state index is 12.0. The minimum Gasteiger partial charge on any atom is -0.324 e.